The van der Waals surface area contributed by atoms with Crippen molar-refractivity contribution in [3.05, 3.63) is 64.7 Å². The first-order chi connectivity index (χ1) is 13.7. The monoisotopic (exact) mass is 419 g/mol. The first-order valence-electron chi connectivity index (χ1n) is 9.51. The van der Waals surface area contributed by atoms with Gasteiger partial charge in [0.1, 0.15) is 18.5 Å². The Labute approximate surface area is 175 Å². The Bertz CT molecular complexity index is 843. The van der Waals surface area contributed by atoms with Gasteiger partial charge < -0.3 is 19.0 Å². The lowest BCUT2D eigenvalue weighted by atomic mass is 10.1. The van der Waals surface area contributed by atoms with Gasteiger partial charge >= 0.3 is 0 Å². The molecule has 0 aliphatic carbocycles. The molecule has 5 nitrogen and oxygen atoms in total. The number of piperidine rings is 1. The van der Waals surface area contributed by atoms with Crippen LogP contribution >= 0.6 is 23.2 Å². The van der Waals surface area contributed by atoms with Crippen LogP contribution in [0.1, 0.15) is 18.4 Å². The van der Waals surface area contributed by atoms with Crippen LogP contribution in [0, 0.1) is 0 Å². The van der Waals surface area contributed by atoms with E-state index < -0.39 is 0 Å². The number of rotatable bonds is 6. The zero-order valence-electron chi connectivity index (χ0n) is 15.6. The molecule has 1 fully saturated rings. The van der Waals surface area contributed by atoms with E-state index >= 15 is 0 Å². The summed E-state index contributed by atoms with van der Waals surface area (Å²) in [6, 6.07) is 7.38. The summed E-state index contributed by atoms with van der Waals surface area (Å²) < 4.78 is 11.2. The average molecular weight is 420 g/mol. The fourth-order valence-corrected chi connectivity index (χ4v) is 3.74. The third-order valence-corrected chi connectivity index (χ3v) is 5.85. The molecule has 28 heavy (non-hydrogen) atoms. The maximum atomic E-state index is 6.06. The van der Waals surface area contributed by atoms with E-state index in [1.165, 1.54) is 0 Å². The number of ether oxygens (including phenoxy) is 1. The predicted molar refractivity (Wildman–Crippen MR) is 113 cm³/mol. The van der Waals surface area contributed by atoms with Crippen LogP contribution in [0.5, 0.6) is 5.75 Å². The molecule has 0 N–H and O–H groups in total. The molecular weight excluding hydrogens is 397 g/mol. The highest BCUT2D eigenvalue weighted by molar-refractivity contribution is 6.42. The second-order valence-corrected chi connectivity index (χ2v) is 7.87. The molecule has 2 aliphatic heterocycles. The molecule has 0 atom stereocenters. The summed E-state index contributed by atoms with van der Waals surface area (Å²) >= 11 is 12.0. The number of benzene rings is 1. The van der Waals surface area contributed by atoms with Crippen molar-refractivity contribution >= 4 is 28.9 Å². The number of likely N-dealkylation sites (tertiary alicyclic amines) is 1. The predicted octanol–water partition coefficient (Wildman–Crippen LogP) is 4.71. The second kappa shape index (κ2) is 9.03. The Hall–Kier alpha value is -1.95. The number of aliphatic imine (C=N–C) groups is 1. The van der Waals surface area contributed by atoms with Crippen LogP contribution < -0.4 is 4.74 Å². The fourth-order valence-electron chi connectivity index (χ4n) is 3.45. The van der Waals surface area contributed by atoms with Crippen molar-refractivity contribution in [2.24, 2.45) is 4.99 Å². The SMILES string of the molecule is Clc1ccc(OC2CCN(CCN3C=CC(c4ccoc4)=NC3)CC2)cc1Cl. The maximum Gasteiger partial charge on any atom is 0.121 e. The van der Waals surface area contributed by atoms with Gasteiger partial charge in [0.25, 0.3) is 0 Å². The molecule has 1 aromatic carbocycles. The van der Waals surface area contributed by atoms with E-state index in [1.807, 2.05) is 18.2 Å². The van der Waals surface area contributed by atoms with E-state index in [4.69, 9.17) is 32.4 Å². The van der Waals surface area contributed by atoms with Crippen LogP contribution in [-0.2, 0) is 0 Å². The highest BCUT2D eigenvalue weighted by Crippen LogP contribution is 2.28. The highest BCUT2D eigenvalue weighted by Gasteiger charge is 2.21. The molecular formula is C21H23Cl2N3O2. The van der Waals surface area contributed by atoms with E-state index in [1.54, 1.807) is 24.7 Å². The average Bonchev–Trinajstić information content (AvgIpc) is 3.26. The second-order valence-electron chi connectivity index (χ2n) is 7.06. The van der Waals surface area contributed by atoms with Crippen LogP contribution in [0.15, 0.2) is 58.5 Å². The van der Waals surface area contributed by atoms with E-state index in [0.29, 0.717) is 16.7 Å². The number of halogens is 2. The van der Waals surface area contributed by atoms with Crippen molar-refractivity contribution in [1.29, 1.82) is 0 Å². The zero-order chi connectivity index (χ0) is 19.3. The van der Waals surface area contributed by atoms with E-state index in [2.05, 4.69) is 21.0 Å². The summed E-state index contributed by atoms with van der Waals surface area (Å²) in [6.45, 7) is 4.76. The molecule has 0 amide bonds. The molecule has 0 saturated carbocycles. The Kier molecular flexibility index (Phi) is 6.25. The Balaban J connectivity index is 1.18. The van der Waals surface area contributed by atoms with Gasteiger partial charge in [-0.2, -0.15) is 0 Å². The maximum absolute atomic E-state index is 6.06. The molecule has 148 valence electrons. The van der Waals surface area contributed by atoms with E-state index in [0.717, 1.165) is 56.0 Å². The number of furan rings is 1. The lowest BCUT2D eigenvalue weighted by Crippen LogP contribution is -2.41. The van der Waals surface area contributed by atoms with E-state index in [-0.39, 0.29) is 6.10 Å². The van der Waals surface area contributed by atoms with Crippen molar-refractivity contribution < 1.29 is 9.15 Å². The summed E-state index contributed by atoms with van der Waals surface area (Å²) in [5.41, 5.74) is 2.00. The lowest BCUT2D eigenvalue weighted by molar-refractivity contribution is 0.0964. The number of allylic oxidation sites excluding steroid dienone is 1. The van der Waals surface area contributed by atoms with Crippen LogP contribution in [0.2, 0.25) is 10.0 Å². The van der Waals surface area contributed by atoms with Crippen molar-refractivity contribution in [3.8, 4) is 5.75 Å². The third-order valence-electron chi connectivity index (χ3n) is 5.11. The number of nitrogens with zero attached hydrogens (tertiary/aromatic N) is 3. The highest BCUT2D eigenvalue weighted by atomic mass is 35.5. The van der Waals surface area contributed by atoms with Crippen molar-refractivity contribution in [2.45, 2.75) is 18.9 Å². The number of hydrogen-bond donors (Lipinski definition) is 0. The molecule has 3 heterocycles. The molecule has 0 bridgehead atoms. The molecule has 7 heteroatoms. The minimum atomic E-state index is 0.227. The smallest absolute Gasteiger partial charge is 0.121 e. The van der Waals surface area contributed by atoms with Crippen molar-refractivity contribution in [2.75, 3.05) is 32.8 Å². The summed E-state index contributed by atoms with van der Waals surface area (Å²) in [4.78, 5) is 9.35. The molecule has 1 saturated heterocycles. The summed E-state index contributed by atoms with van der Waals surface area (Å²) in [5.74, 6) is 0.789. The van der Waals surface area contributed by atoms with Gasteiger partial charge in [-0.05, 0) is 37.1 Å². The summed E-state index contributed by atoms with van der Waals surface area (Å²) in [5, 5.41) is 1.08. The van der Waals surface area contributed by atoms with Gasteiger partial charge in [-0.15, -0.1) is 0 Å². The van der Waals surface area contributed by atoms with Crippen LogP contribution in [0.3, 0.4) is 0 Å². The molecule has 0 unspecified atom stereocenters. The van der Waals surface area contributed by atoms with Crippen LogP contribution in [0.25, 0.3) is 0 Å². The van der Waals surface area contributed by atoms with Gasteiger partial charge in [0.05, 0.1) is 28.3 Å². The molecule has 2 aromatic rings. The molecule has 0 spiro atoms. The van der Waals surface area contributed by atoms with Gasteiger partial charge in [-0.3, -0.25) is 4.99 Å². The third kappa shape index (κ3) is 4.90. The fraction of sp³-hybridized carbons (Fsp3) is 0.381. The molecule has 1 aromatic heterocycles. The Morgan fingerprint density at radius 1 is 1.11 bits per heavy atom. The topological polar surface area (TPSA) is 41.2 Å². The van der Waals surface area contributed by atoms with Gasteiger partial charge in [-0.25, -0.2) is 0 Å². The Morgan fingerprint density at radius 3 is 2.64 bits per heavy atom. The van der Waals surface area contributed by atoms with Gasteiger partial charge in [-0.1, -0.05) is 23.2 Å². The van der Waals surface area contributed by atoms with Crippen molar-refractivity contribution in [3.63, 3.8) is 0 Å². The standard InChI is InChI=1S/C21H23Cl2N3O2/c22-19-2-1-18(13-20(19)23)28-17-3-7-25(8-4-17)10-11-26-9-5-21(24-15-26)16-6-12-27-14-16/h1-2,5-6,9,12-14,17H,3-4,7-8,10-11,15H2. The molecule has 0 radical (unpaired) electrons. The van der Waals surface area contributed by atoms with Crippen LogP contribution in [-0.4, -0.2) is 54.5 Å². The molecule has 2 aliphatic rings. The summed E-state index contributed by atoms with van der Waals surface area (Å²) in [6.07, 6.45) is 9.82. The first-order valence-corrected chi connectivity index (χ1v) is 10.3. The van der Waals surface area contributed by atoms with Gasteiger partial charge in [0.2, 0.25) is 0 Å². The largest absolute Gasteiger partial charge is 0.490 e. The summed E-state index contributed by atoms with van der Waals surface area (Å²) in [7, 11) is 0. The van der Waals surface area contributed by atoms with Crippen molar-refractivity contribution in [1.82, 2.24) is 9.80 Å². The minimum Gasteiger partial charge on any atom is -0.490 e. The lowest BCUT2D eigenvalue weighted by Gasteiger charge is -2.33. The quantitative estimate of drug-likeness (QED) is 0.679. The van der Waals surface area contributed by atoms with Crippen LogP contribution in [0.4, 0.5) is 0 Å². The minimum absolute atomic E-state index is 0.227. The van der Waals surface area contributed by atoms with Gasteiger partial charge in [0.15, 0.2) is 0 Å². The first kappa shape index (κ1) is 19.4. The molecule has 4 rings (SSSR count). The normalized spacial score (nSPS) is 18.4. The number of hydrogen-bond acceptors (Lipinski definition) is 5. The van der Waals surface area contributed by atoms with Gasteiger partial charge in [0, 0.05) is 44.0 Å². The Morgan fingerprint density at radius 2 is 1.96 bits per heavy atom. The van der Waals surface area contributed by atoms with E-state index in [9.17, 15) is 0 Å². The zero-order valence-corrected chi connectivity index (χ0v) is 17.1.